The molecule has 0 bridgehead atoms. The van der Waals surface area contributed by atoms with Crippen LogP contribution >= 0.6 is 0 Å². The molecule has 0 fully saturated rings. The average molecular weight is 299 g/mol. The molecule has 110 valence electrons. The highest BCUT2D eigenvalue weighted by Gasteiger charge is 2.13. The monoisotopic (exact) mass is 299 g/mol. The van der Waals surface area contributed by atoms with E-state index in [1.54, 1.807) is 47.4 Å². The third kappa shape index (κ3) is 2.85. The summed E-state index contributed by atoms with van der Waals surface area (Å²) in [7, 11) is 0. The minimum absolute atomic E-state index is 0.337. The Hall–Kier alpha value is -3.02. The lowest BCUT2D eigenvalue weighted by Gasteiger charge is -2.07. The molecule has 0 spiro atoms. The quantitative estimate of drug-likeness (QED) is 0.805. The van der Waals surface area contributed by atoms with Crippen LogP contribution in [0.3, 0.4) is 0 Å². The molecule has 3 aromatic rings. The number of aromatic nitrogens is 2. The first-order chi connectivity index (χ1) is 10.6. The molecular weight excluding hydrogens is 288 g/mol. The summed E-state index contributed by atoms with van der Waals surface area (Å²) >= 11 is 0. The number of halogens is 2. The maximum Gasteiger partial charge on any atom is 0.258 e. The molecule has 3 rings (SSSR count). The van der Waals surface area contributed by atoms with Crippen LogP contribution in [-0.2, 0) is 0 Å². The van der Waals surface area contributed by atoms with Crippen LogP contribution in [0.5, 0.6) is 0 Å². The van der Waals surface area contributed by atoms with Gasteiger partial charge in [-0.1, -0.05) is 0 Å². The minimum Gasteiger partial charge on any atom is -0.322 e. The predicted molar refractivity (Wildman–Crippen MR) is 77.9 cm³/mol. The van der Waals surface area contributed by atoms with Gasteiger partial charge in [0.15, 0.2) is 0 Å². The Bertz CT molecular complexity index is 799. The second-order valence-corrected chi connectivity index (χ2v) is 4.58. The van der Waals surface area contributed by atoms with Crippen LogP contribution < -0.4 is 5.32 Å². The zero-order valence-electron chi connectivity index (χ0n) is 11.3. The molecular formula is C16H11F2N3O. The average Bonchev–Trinajstić information content (AvgIpc) is 3.05. The van der Waals surface area contributed by atoms with E-state index in [2.05, 4.69) is 10.4 Å². The van der Waals surface area contributed by atoms with E-state index in [0.717, 1.165) is 23.9 Å². The molecule has 0 atom stereocenters. The first kappa shape index (κ1) is 13.9. The number of carbonyl (C=O) groups excluding carboxylic acids is 1. The molecule has 1 heterocycles. The lowest BCUT2D eigenvalue weighted by molar-refractivity contribution is 0.102. The predicted octanol–water partition coefficient (Wildman–Crippen LogP) is 3.40. The van der Waals surface area contributed by atoms with Crippen molar-refractivity contribution < 1.29 is 13.6 Å². The number of rotatable bonds is 3. The van der Waals surface area contributed by atoms with E-state index in [9.17, 15) is 13.6 Å². The smallest absolute Gasteiger partial charge is 0.258 e. The zero-order valence-corrected chi connectivity index (χ0v) is 11.3. The van der Waals surface area contributed by atoms with E-state index in [4.69, 9.17) is 0 Å². The van der Waals surface area contributed by atoms with E-state index >= 15 is 0 Å². The van der Waals surface area contributed by atoms with E-state index in [-0.39, 0.29) is 5.56 Å². The highest BCUT2D eigenvalue weighted by Crippen LogP contribution is 2.15. The van der Waals surface area contributed by atoms with Gasteiger partial charge in [0.1, 0.15) is 11.6 Å². The molecule has 0 aliphatic carbocycles. The maximum absolute atomic E-state index is 13.5. The molecule has 0 saturated heterocycles. The fourth-order valence-electron chi connectivity index (χ4n) is 1.99. The Morgan fingerprint density at radius 3 is 2.55 bits per heavy atom. The standard InChI is InChI=1S/C16H11F2N3O/c17-11-2-7-15(18)14(10-11)16(22)20-12-3-5-13(6-4-12)21-9-1-8-19-21/h1-10H,(H,20,22). The number of hydrogen-bond acceptors (Lipinski definition) is 2. The summed E-state index contributed by atoms with van der Waals surface area (Å²) in [6.45, 7) is 0. The molecule has 0 unspecified atom stereocenters. The topological polar surface area (TPSA) is 46.9 Å². The summed E-state index contributed by atoms with van der Waals surface area (Å²) in [5, 5.41) is 6.61. The van der Waals surface area contributed by atoms with Gasteiger partial charge in [-0.05, 0) is 48.5 Å². The van der Waals surface area contributed by atoms with Gasteiger partial charge in [0, 0.05) is 18.1 Å². The van der Waals surface area contributed by atoms with Crippen LogP contribution in [0, 0.1) is 11.6 Å². The molecule has 0 aliphatic heterocycles. The highest BCUT2D eigenvalue weighted by atomic mass is 19.1. The van der Waals surface area contributed by atoms with Crippen LogP contribution in [0.2, 0.25) is 0 Å². The summed E-state index contributed by atoms with van der Waals surface area (Å²) in [4.78, 5) is 12.0. The number of amides is 1. The summed E-state index contributed by atoms with van der Waals surface area (Å²) in [6.07, 6.45) is 3.44. The van der Waals surface area contributed by atoms with Crippen molar-refractivity contribution in [3.8, 4) is 5.69 Å². The van der Waals surface area contributed by atoms with Crippen molar-refractivity contribution >= 4 is 11.6 Å². The van der Waals surface area contributed by atoms with Crippen LogP contribution in [0.15, 0.2) is 60.9 Å². The SMILES string of the molecule is O=C(Nc1ccc(-n2cccn2)cc1)c1cc(F)ccc1F. The molecule has 0 aliphatic rings. The summed E-state index contributed by atoms with van der Waals surface area (Å²) < 4.78 is 28.3. The number of benzene rings is 2. The van der Waals surface area contributed by atoms with E-state index in [1.807, 2.05) is 0 Å². The van der Waals surface area contributed by atoms with Gasteiger partial charge in [0.25, 0.3) is 5.91 Å². The first-order valence-corrected chi connectivity index (χ1v) is 6.50. The summed E-state index contributed by atoms with van der Waals surface area (Å²) in [5.41, 5.74) is 0.959. The van der Waals surface area contributed by atoms with E-state index < -0.39 is 17.5 Å². The maximum atomic E-state index is 13.5. The van der Waals surface area contributed by atoms with Gasteiger partial charge in [0.2, 0.25) is 0 Å². The highest BCUT2D eigenvalue weighted by molar-refractivity contribution is 6.04. The van der Waals surface area contributed by atoms with Gasteiger partial charge in [0.05, 0.1) is 11.3 Å². The molecule has 2 aromatic carbocycles. The number of carbonyl (C=O) groups is 1. The van der Waals surface area contributed by atoms with Crippen LogP contribution in [-0.4, -0.2) is 15.7 Å². The minimum atomic E-state index is -0.771. The Morgan fingerprint density at radius 2 is 1.86 bits per heavy atom. The molecule has 0 radical (unpaired) electrons. The number of nitrogens with zero attached hydrogens (tertiary/aromatic N) is 2. The van der Waals surface area contributed by atoms with Gasteiger partial charge in [-0.2, -0.15) is 5.10 Å². The van der Waals surface area contributed by atoms with E-state index in [1.165, 1.54) is 0 Å². The fraction of sp³-hybridized carbons (Fsp3) is 0. The molecule has 1 aromatic heterocycles. The van der Waals surface area contributed by atoms with Gasteiger partial charge >= 0.3 is 0 Å². The van der Waals surface area contributed by atoms with Crippen molar-refractivity contribution in [1.29, 1.82) is 0 Å². The van der Waals surface area contributed by atoms with Crippen molar-refractivity contribution in [1.82, 2.24) is 9.78 Å². The molecule has 22 heavy (non-hydrogen) atoms. The Morgan fingerprint density at radius 1 is 1.09 bits per heavy atom. The van der Waals surface area contributed by atoms with Crippen molar-refractivity contribution in [3.05, 3.63) is 78.1 Å². The normalized spacial score (nSPS) is 10.5. The third-order valence-corrected chi connectivity index (χ3v) is 3.07. The molecule has 1 amide bonds. The lowest BCUT2D eigenvalue weighted by atomic mass is 10.2. The van der Waals surface area contributed by atoms with Crippen molar-refractivity contribution in [2.24, 2.45) is 0 Å². The lowest BCUT2D eigenvalue weighted by Crippen LogP contribution is -2.14. The van der Waals surface area contributed by atoms with Crippen molar-refractivity contribution in [3.63, 3.8) is 0 Å². The molecule has 1 N–H and O–H groups in total. The van der Waals surface area contributed by atoms with Gasteiger partial charge < -0.3 is 5.32 Å². The third-order valence-electron chi connectivity index (χ3n) is 3.07. The summed E-state index contributed by atoms with van der Waals surface area (Å²) in [6, 6.07) is 11.4. The zero-order chi connectivity index (χ0) is 15.5. The van der Waals surface area contributed by atoms with Crippen LogP contribution in [0.4, 0.5) is 14.5 Å². The molecule has 0 saturated carbocycles. The largest absolute Gasteiger partial charge is 0.322 e. The Balaban J connectivity index is 1.78. The van der Waals surface area contributed by atoms with Gasteiger partial charge in [-0.3, -0.25) is 4.79 Å². The second kappa shape index (κ2) is 5.77. The van der Waals surface area contributed by atoms with Gasteiger partial charge in [-0.15, -0.1) is 0 Å². The Kier molecular flexibility index (Phi) is 3.65. The van der Waals surface area contributed by atoms with E-state index in [0.29, 0.717) is 5.69 Å². The summed E-state index contributed by atoms with van der Waals surface area (Å²) in [5.74, 6) is -2.14. The Labute approximate surface area is 125 Å². The van der Waals surface area contributed by atoms with Crippen LogP contribution in [0.25, 0.3) is 5.69 Å². The van der Waals surface area contributed by atoms with Crippen LogP contribution in [0.1, 0.15) is 10.4 Å². The van der Waals surface area contributed by atoms with Crippen molar-refractivity contribution in [2.45, 2.75) is 0 Å². The molecule has 6 heteroatoms. The van der Waals surface area contributed by atoms with Gasteiger partial charge in [-0.25, -0.2) is 13.5 Å². The number of nitrogens with one attached hydrogen (secondary N) is 1. The fourth-order valence-corrected chi connectivity index (χ4v) is 1.99. The van der Waals surface area contributed by atoms with Crippen molar-refractivity contribution in [2.75, 3.05) is 5.32 Å². The molecule has 4 nitrogen and oxygen atoms in total. The number of hydrogen-bond donors (Lipinski definition) is 1. The second-order valence-electron chi connectivity index (χ2n) is 4.58. The number of anilines is 1. The first-order valence-electron chi connectivity index (χ1n) is 6.50.